The van der Waals surface area contributed by atoms with Crippen molar-refractivity contribution in [2.24, 2.45) is 5.92 Å². The highest BCUT2D eigenvalue weighted by molar-refractivity contribution is 7.89. The number of aliphatic hydroxyl groups excluding tert-OH is 1. The minimum Gasteiger partial charge on any atom is -0.392 e. The number of aryl methyl sites for hydroxylation is 1. The zero-order valence-electron chi connectivity index (χ0n) is 12.1. The van der Waals surface area contributed by atoms with E-state index in [2.05, 4.69) is 11.6 Å². The summed E-state index contributed by atoms with van der Waals surface area (Å²) in [6, 6.07) is 5.08. The van der Waals surface area contributed by atoms with Crippen LogP contribution in [0.2, 0.25) is 0 Å². The lowest BCUT2D eigenvalue weighted by Gasteiger charge is -2.10. The monoisotopic (exact) mass is 297 g/mol. The number of rotatable bonds is 7. The van der Waals surface area contributed by atoms with Crippen LogP contribution in [0.4, 0.5) is 0 Å². The van der Waals surface area contributed by atoms with Crippen molar-refractivity contribution in [1.82, 2.24) is 4.72 Å². The summed E-state index contributed by atoms with van der Waals surface area (Å²) < 4.78 is 27.4. The molecule has 2 N–H and O–H groups in total. The molecule has 1 aliphatic rings. The summed E-state index contributed by atoms with van der Waals surface area (Å²) in [5.74, 6) is 0.488. The first-order valence-corrected chi connectivity index (χ1v) is 8.75. The number of hydrogen-bond donors (Lipinski definition) is 2. The van der Waals surface area contributed by atoms with Gasteiger partial charge in [0, 0.05) is 6.04 Å². The van der Waals surface area contributed by atoms with E-state index in [0.29, 0.717) is 11.5 Å². The van der Waals surface area contributed by atoms with Crippen molar-refractivity contribution >= 4 is 10.0 Å². The van der Waals surface area contributed by atoms with Crippen LogP contribution in [0, 0.1) is 5.92 Å². The number of hydrogen-bond acceptors (Lipinski definition) is 3. The van der Waals surface area contributed by atoms with Gasteiger partial charge in [-0.2, -0.15) is 0 Å². The van der Waals surface area contributed by atoms with Crippen LogP contribution in [0.15, 0.2) is 23.1 Å². The van der Waals surface area contributed by atoms with Gasteiger partial charge >= 0.3 is 0 Å². The maximum atomic E-state index is 12.3. The van der Waals surface area contributed by atoms with E-state index in [1.54, 1.807) is 18.2 Å². The van der Waals surface area contributed by atoms with Crippen LogP contribution >= 0.6 is 0 Å². The number of sulfonamides is 1. The van der Waals surface area contributed by atoms with Gasteiger partial charge in [0.1, 0.15) is 0 Å². The topological polar surface area (TPSA) is 66.4 Å². The Hall–Kier alpha value is -0.910. The van der Waals surface area contributed by atoms with E-state index in [9.17, 15) is 13.5 Å². The molecule has 1 aliphatic carbocycles. The van der Waals surface area contributed by atoms with Crippen molar-refractivity contribution < 1.29 is 13.5 Å². The third-order valence-corrected chi connectivity index (χ3v) is 5.42. The molecule has 2 atom stereocenters. The quantitative estimate of drug-likeness (QED) is 0.811. The molecule has 2 unspecified atom stereocenters. The molecule has 1 aromatic carbocycles. The SMILES string of the molecule is CCCC1CC1NS(=O)(=O)c1ccc(CC)c(CO)c1. The van der Waals surface area contributed by atoms with Gasteiger partial charge in [-0.05, 0) is 48.4 Å². The molecule has 0 heterocycles. The third kappa shape index (κ3) is 3.40. The Labute approximate surface area is 121 Å². The first-order valence-electron chi connectivity index (χ1n) is 7.26. The Morgan fingerprint density at radius 3 is 2.65 bits per heavy atom. The van der Waals surface area contributed by atoms with Gasteiger partial charge in [0.15, 0.2) is 0 Å². The second-order valence-corrected chi connectivity index (χ2v) is 7.17. The maximum Gasteiger partial charge on any atom is 0.240 e. The molecule has 0 saturated heterocycles. The lowest BCUT2D eigenvalue weighted by Crippen LogP contribution is -2.27. The van der Waals surface area contributed by atoms with Crippen LogP contribution in [0.1, 0.15) is 44.2 Å². The average Bonchev–Trinajstić information content (AvgIpc) is 3.15. The predicted molar refractivity (Wildman–Crippen MR) is 78.9 cm³/mol. The molecule has 5 heteroatoms. The van der Waals surface area contributed by atoms with Gasteiger partial charge in [0.2, 0.25) is 10.0 Å². The van der Waals surface area contributed by atoms with Gasteiger partial charge in [-0.3, -0.25) is 0 Å². The minimum absolute atomic E-state index is 0.0865. The fourth-order valence-corrected chi connectivity index (χ4v) is 3.98. The summed E-state index contributed by atoms with van der Waals surface area (Å²) in [6.45, 7) is 3.97. The summed E-state index contributed by atoms with van der Waals surface area (Å²) in [5, 5.41) is 9.33. The Bertz CT molecular complexity index is 568. The Morgan fingerprint density at radius 2 is 2.05 bits per heavy atom. The predicted octanol–water partition coefficient (Wildman–Crippen LogP) is 2.21. The fraction of sp³-hybridized carbons (Fsp3) is 0.600. The smallest absolute Gasteiger partial charge is 0.240 e. The molecule has 1 fully saturated rings. The summed E-state index contributed by atoms with van der Waals surface area (Å²) in [5.41, 5.74) is 1.68. The number of aliphatic hydroxyl groups is 1. The van der Waals surface area contributed by atoms with Crippen molar-refractivity contribution in [1.29, 1.82) is 0 Å². The zero-order chi connectivity index (χ0) is 14.8. The molecule has 0 amide bonds. The molecule has 112 valence electrons. The van der Waals surface area contributed by atoms with Crippen LogP contribution in [-0.4, -0.2) is 19.6 Å². The van der Waals surface area contributed by atoms with Gasteiger partial charge in [-0.1, -0.05) is 26.3 Å². The van der Waals surface area contributed by atoms with E-state index in [1.165, 1.54) is 0 Å². The minimum atomic E-state index is -3.47. The Balaban J connectivity index is 2.14. The molecule has 1 aromatic rings. The van der Waals surface area contributed by atoms with Crippen molar-refractivity contribution in [3.05, 3.63) is 29.3 Å². The van der Waals surface area contributed by atoms with Crippen LogP contribution in [0.25, 0.3) is 0 Å². The molecule has 0 aliphatic heterocycles. The standard InChI is InChI=1S/C15H23NO3S/c1-3-5-12-9-15(12)16-20(18,19)14-7-6-11(4-2)13(8-14)10-17/h6-8,12,15-17H,3-5,9-10H2,1-2H3. The van der Waals surface area contributed by atoms with Crippen LogP contribution < -0.4 is 4.72 Å². The molecule has 0 aromatic heterocycles. The highest BCUT2D eigenvalue weighted by Gasteiger charge is 2.39. The Morgan fingerprint density at radius 1 is 1.30 bits per heavy atom. The second kappa shape index (κ2) is 6.24. The second-order valence-electron chi connectivity index (χ2n) is 5.45. The highest BCUT2D eigenvalue weighted by Crippen LogP contribution is 2.35. The highest BCUT2D eigenvalue weighted by atomic mass is 32.2. The van der Waals surface area contributed by atoms with E-state index in [0.717, 1.165) is 31.2 Å². The third-order valence-electron chi connectivity index (χ3n) is 3.93. The summed E-state index contributed by atoms with van der Waals surface area (Å²) in [4.78, 5) is 0.251. The van der Waals surface area contributed by atoms with Gasteiger partial charge in [0.05, 0.1) is 11.5 Å². The molecule has 2 rings (SSSR count). The maximum absolute atomic E-state index is 12.3. The molecule has 20 heavy (non-hydrogen) atoms. The first-order chi connectivity index (χ1) is 9.51. The van der Waals surface area contributed by atoms with Crippen LogP contribution in [-0.2, 0) is 23.1 Å². The molecule has 0 bridgehead atoms. The Kier molecular flexibility index (Phi) is 4.83. The van der Waals surface area contributed by atoms with Crippen molar-refractivity contribution in [3.8, 4) is 0 Å². The molecular weight excluding hydrogens is 274 g/mol. The number of benzene rings is 1. The van der Waals surface area contributed by atoms with E-state index >= 15 is 0 Å². The summed E-state index contributed by atoms with van der Waals surface area (Å²) >= 11 is 0. The zero-order valence-corrected chi connectivity index (χ0v) is 12.9. The molecular formula is C15H23NO3S. The van der Waals surface area contributed by atoms with Crippen LogP contribution in [0.3, 0.4) is 0 Å². The van der Waals surface area contributed by atoms with E-state index in [4.69, 9.17) is 0 Å². The molecule has 4 nitrogen and oxygen atoms in total. The molecule has 0 radical (unpaired) electrons. The summed E-state index contributed by atoms with van der Waals surface area (Å²) in [7, 11) is -3.47. The fourth-order valence-electron chi connectivity index (χ4n) is 2.61. The first kappa shape index (κ1) is 15.5. The van der Waals surface area contributed by atoms with Crippen molar-refractivity contribution in [2.45, 2.75) is 57.1 Å². The lowest BCUT2D eigenvalue weighted by molar-refractivity contribution is 0.280. The number of nitrogens with one attached hydrogen (secondary N) is 1. The van der Waals surface area contributed by atoms with Gasteiger partial charge < -0.3 is 5.11 Å². The van der Waals surface area contributed by atoms with Gasteiger partial charge in [0.25, 0.3) is 0 Å². The van der Waals surface area contributed by atoms with Gasteiger partial charge in [-0.25, -0.2) is 13.1 Å². The van der Waals surface area contributed by atoms with E-state index < -0.39 is 10.0 Å². The van der Waals surface area contributed by atoms with Crippen molar-refractivity contribution in [3.63, 3.8) is 0 Å². The molecule has 1 saturated carbocycles. The van der Waals surface area contributed by atoms with Gasteiger partial charge in [-0.15, -0.1) is 0 Å². The van der Waals surface area contributed by atoms with E-state index in [-0.39, 0.29) is 17.5 Å². The van der Waals surface area contributed by atoms with E-state index in [1.807, 2.05) is 6.92 Å². The van der Waals surface area contributed by atoms with Crippen LogP contribution in [0.5, 0.6) is 0 Å². The van der Waals surface area contributed by atoms with Crippen molar-refractivity contribution in [2.75, 3.05) is 0 Å². The molecule has 0 spiro atoms. The lowest BCUT2D eigenvalue weighted by atomic mass is 10.1. The largest absolute Gasteiger partial charge is 0.392 e. The normalized spacial score (nSPS) is 21.9. The average molecular weight is 297 g/mol. The summed E-state index contributed by atoms with van der Waals surface area (Å²) in [6.07, 6.45) is 3.88.